The van der Waals surface area contributed by atoms with E-state index in [4.69, 9.17) is 5.73 Å². The molecule has 0 amide bonds. The molecular weight excluding hydrogens is 237 g/mol. The van der Waals surface area contributed by atoms with Crippen LogP contribution in [-0.4, -0.2) is 11.3 Å². The molecule has 0 saturated heterocycles. The topological polar surface area (TPSA) is 50.4 Å². The summed E-state index contributed by atoms with van der Waals surface area (Å²) < 4.78 is 13.5. The van der Waals surface area contributed by atoms with Gasteiger partial charge in [-0.3, -0.25) is 5.43 Å². The predicted octanol–water partition coefficient (Wildman–Crippen LogP) is 2.15. The van der Waals surface area contributed by atoms with Gasteiger partial charge >= 0.3 is 0 Å². The molecule has 3 N–H and O–H groups in total. The lowest BCUT2D eigenvalue weighted by Gasteiger charge is -2.02. The molecule has 0 aliphatic heterocycles. The molecule has 0 aliphatic carbocycles. The van der Waals surface area contributed by atoms with Crippen molar-refractivity contribution in [2.75, 3.05) is 0 Å². The maximum atomic E-state index is 13.5. The summed E-state index contributed by atoms with van der Waals surface area (Å²) in [6, 6.07) is 10.3. The van der Waals surface area contributed by atoms with Crippen molar-refractivity contribution in [1.82, 2.24) is 5.43 Å². The Morgan fingerprint density at radius 2 is 1.94 bits per heavy atom. The Kier molecular flexibility index (Phi) is 3.30. The summed E-state index contributed by atoms with van der Waals surface area (Å²) in [7, 11) is 0. The zero-order chi connectivity index (χ0) is 12.3. The summed E-state index contributed by atoms with van der Waals surface area (Å²) in [5.41, 5.74) is 8.50. The second kappa shape index (κ2) is 4.88. The Labute approximate surface area is 103 Å². The van der Waals surface area contributed by atoms with Gasteiger partial charge < -0.3 is 5.73 Å². The number of nitrogens with two attached hydrogens (primary N) is 1. The van der Waals surface area contributed by atoms with Gasteiger partial charge in [0.15, 0.2) is 5.11 Å². The third-order valence-corrected chi connectivity index (χ3v) is 2.37. The quantitative estimate of drug-likeness (QED) is 0.485. The monoisotopic (exact) mass is 247 g/mol. The van der Waals surface area contributed by atoms with Crippen LogP contribution in [0.3, 0.4) is 0 Å². The van der Waals surface area contributed by atoms with E-state index >= 15 is 0 Å². The van der Waals surface area contributed by atoms with E-state index in [2.05, 4.69) is 22.7 Å². The molecular formula is C12H10FN3S. The Hall–Kier alpha value is -2.01. The van der Waals surface area contributed by atoms with E-state index in [-0.39, 0.29) is 10.9 Å². The zero-order valence-corrected chi connectivity index (χ0v) is 9.67. The smallest absolute Gasteiger partial charge is 0.184 e. The van der Waals surface area contributed by atoms with Gasteiger partial charge in [0, 0.05) is 10.9 Å². The number of hydrogen-bond acceptors (Lipinski definition) is 2. The van der Waals surface area contributed by atoms with Crippen molar-refractivity contribution in [3.8, 4) is 0 Å². The Bertz CT molecular complexity index is 595. The summed E-state index contributed by atoms with van der Waals surface area (Å²) in [5.74, 6) is -0.250. The molecule has 0 radical (unpaired) electrons. The van der Waals surface area contributed by atoms with E-state index in [0.29, 0.717) is 5.39 Å². The fraction of sp³-hybridized carbons (Fsp3) is 0. The molecule has 0 heterocycles. The molecule has 0 aromatic heterocycles. The molecule has 2 rings (SSSR count). The van der Waals surface area contributed by atoms with Crippen LogP contribution in [0.1, 0.15) is 5.56 Å². The zero-order valence-electron chi connectivity index (χ0n) is 8.85. The number of thiocarbonyl (C=S) groups is 1. The number of benzene rings is 2. The van der Waals surface area contributed by atoms with Gasteiger partial charge in [0.05, 0.1) is 6.21 Å². The SMILES string of the molecule is NC(=S)NN=Cc1cccc2c(F)cccc12. The first-order chi connectivity index (χ1) is 8.18. The number of halogens is 1. The van der Waals surface area contributed by atoms with E-state index in [0.717, 1.165) is 10.9 Å². The van der Waals surface area contributed by atoms with Crippen LogP contribution in [0, 0.1) is 5.82 Å². The highest BCUT2D eigenvalue weighted by Crippen LogP contribution is 2.20. The van der Waals surface area contributed by atoms with E-state index in [1.807, 2.05) is 12.1 Å². The van der Waals surface area contributed by atoms with Gasteiger partial charge in [-0.25, -0.2) is 4.39 Å². The van der Waals surface area contributed by atoms with E-state index in [1.54, 1.807) is 24.4 Å². The Balaban J connectivity index is 2.44. The first-order valence-corrected chi connectivity index (χ1v) is 5.35. The lowest BCUT2D eigenvalue weighted by molar-refractivity contribution is 0.640. The average molecular weight is 247 g/mol. The van der Waals surface area contributed by atoms with Gasteiger partial charge in [0.25, 0.3) is 0 Å². The molecule has 17 heavy (non-hydrogen) atoms. The van der Waals surface area contributed by atoms with Crippen molar-refractivity contribution in [2.45, 2.75) is 0 Å². The molecule has 0 unspecified atom stereocenters. The summed E-state index contributed by atoms with van der Waals surface area (Å²) in [6.07, 6.45) is 1.56. The van der Waals surface area contributed by atoms with Crippen molar-refractivity contribution in [3.05, 3.63) is 47.8 Å². The number of nitrogens with zero attached hydrogens (tertiary/aromatic N) is 1. The lowest BCUT2D eigenvalue weighted by atomic mass is 10.1. The first-order valence-electron chi connectivity index (χ1n) is 4.94. The van der Waals surface area contributed by atoms with Crippen LogP contribution >= 0.6 is 12.2 Å². The van der Waals surface area contributed by atoms with Gasteiger partial charge in [-0.15, -0.1) is 0 Å². The van der Waals surface area contributed by atoms with Crippen molar-refractivity contribution in [2.24, 2.45) is 10.8 Å². The minimum Gasteiger partial charge on any atom is -0.375 e. The summed E-state index contributed by atoms with van der Waals surface area (Å²) >= 11 is 4.62. The minimum atomic E-state index is -0.250. The molecule has 0 spiro atoms. The van der Waals surface area contributed by atoms with E-state index in [1.165, 1.54) is 6.07 Å². The predicted molar refractivity (Wildman–Crippen MR) is 71.4 cm³/mol. The number of nitrogens with one attached hydrogen (secondary N) is 1. The standard InChI is InChI=1S/C12H10FN3S/c13-11-6-2-4-9-8(3-1-5-10(9)11)7-15-16-12(14)17/h1-7H,(H3,14,16,17). The first kappa shape index (κ1) is 11.5. The highest BCUT2D eigenvalue weighted by Gasteiger charge is 2.02. The second-order valence-corrected chi connectivity index (χ2v) is 3.86. The molecule has 0 bridgehead atoms. The normalized spacial score (nSPS) is 10.9. The molecule has 0 atom stereocenters. The van der Waals surface area contributed by atoms with Crippen molar-refractivity contribution < 1.29 is 4.39 Å². The van der Waals surface area contributed by atoms with Crippen LogP contribution < -0.4 is 11.2 Å². The van der Waals surface area contributed by atoms with Gasteiger partial charge in [-0.2, -0.15) is 5.10 Å². The van der Waals surface area contributed by atoms with E-state index in [9.17, 15) is 4.39 Å². The molecule has 0 aliphatic rings. The van der Waals surface area contributed by atoms with Crippen LogP contribution in [0.5, 0.6) is 0 Å². The van der Waals surface area contributed by atoms with Gasteiger partial charge in [0.2, 0.25) is 0 Å². The molecule has 3 nitrogen and oxygen atoms in total. The van der Waals surface area contributed by atoms with Gasteiger partial charge in [0.1, 0.15) is 5.82 Å². The third-order valence-electron chi connectivity index (χ3n) is 2.28. The van der Waals surface area contributed by atoms with Crippen molar-refractivity contribution >= 4 is 34.3 Å². The van der Waals surface area contributed by atoms with Crippen LogP contribution in [0.25, 0.3) is 10.8 Å². The summed E-state index contributed by atoms with van der Waals surface area (Å²) in [5, 5.41) is 5.30. The maximum absolute atomic E-state index is 13.5. The second-order valence-electron chi connectivity index (χ2n) is 3.42. The molecule has 0 saturated carbocycles. The van der Waals surface area contributed by atoms with E-state index < -0.39 is 0 Å². The Morgan fingerprint density at radius 1 is 1.24 bits per heavy atom. The largest absolute Gasteiger partial charge is 0.375 e. The molecule has 86 valence electrons. The van der Waals surface area contributed by atoms with Gasteiger partial charge in [-0.1, -0.05) is 30.3 Å². The number of rotatable bonds is 2. The van der Waals surface area contributed by atoms with Gasteiger partial charge in [-0.05, 0) is 23.7 Å². The lowest BCUT2D eigenvalue weighted by Crippen LogP contribution is -2.24. The average Bonchev–Trinajstić information content (AvgIpc) is 2.30. The highest BCUT2D eigenvalue weighted by atomic mass is 32.1. The van der Waals surface area contributed by atoms with Crippen LogP contribution in [0.2, 0.25) is 0 Å². The van der Waals surface area contributed by atoms with Crippen LogP contribution in [0.15, 0.2) is 41.5 Å². The molecule has 0 fully saturated rings. The third kappa shape index (κ3) is 2.57. The van der Waals surface area contributed by atoms with Crippen LogP contribution in [-0.2, 0) is 0 Å². The van der Waals surface area contributed by atoms with Crippen LogP contribution in [0.4, 0.5) is 4.39 Å². The van der Waals surface area contributed by atoms with Crippen molar-refractivity contribution in [1.29, 1.82) is 0 Å². The minimum absolute atomic E-state index is 0.0904. The fourth-order valence-electron chi connectivity index (χ4n) is 1.57. The fourth-order valence-corrected chi connectivity index (χ4v) is 1.63. The van der Waals surface area contributed by atoms with Crippen molar-refractivity contribution in [3.63, 3.8) is 0 Å². The maximum Gasteiger partial charge on any atom is 0.184 e. The Morgan fingerprint density at radius 3 is 2.71 bits per heavy atom. The number of hydrogen-bond donors (Lipinski definition) is 2. The molecule has 5 heteroatoms. The summed E-state index contributed by atoms with van der Waals surface area (Å²) in [4.78, 5) is 0. The molecule has 2 aromatic rings. The number of fused-ring (bicyclic) bond motifs is 1. The molecule has 2 aromatic carbocycles. The summed E-state index contributed by atoms with van der Waals surface area (Å²) in [6.45, 7) is 0. The highest BCUT2D eigenvalue weighted by molar-refractivity contribution is 7.80. The number of hydrazone groups is 1.